The molecule has 3 rings (SSSR count). The Morgan fingerprint density at radius 2 is 1.82 bits per heavy atom. The highest BCUT2D eigenvalue weighted by molar-refractivity contribution is 6.35. The lowest BCUT2D eigenvalue weighted by Crippen LogP contribution is -2.42. The number of hydrogen-bond acceptors (Lipinski definition) is 4. The number of nitrogens with zero attached hydrogens (tertiary/aromatic N) is 1. The van der Waals surface area contributed by atoms with Crippen LogP contribution in [0.4, 0.5) is 5.69 Å². The molecule has 0 bridgehead atoms. The molecule has 2 aromatic carbocycles. The number of unbranched alkanes of at least 4 members (excludes halogenated alkanes) is 1. The molecule has 1 aliphatic rings. The van der Waals surface area contributed by atoms with Crippen LogP contribution < -0.4 is 16.4 Å². The molecule has 6 nitrogen and oxygen atoms in total. The third kappa shape index (κ3) is 3.58. The molecule has 150 valence electrons. The molecule has 0 aliphatic carbocycles. The van der Waals surface area contributed by atoms with E-state index in [1.165, 1.54) is 17.0 Å². The van der Waals surface area contributed by atoms with Crippen LogP contribution in [0.1, 0.15) is 34.3 Å². The number of rotatable bonds is 6. The SMILES string of the molecule is Cl.NCCCCN1C(=O)C(O)(c2ccccc2Cl)c2c(Cl)cc(C(N)=O)cc21. The van der Waals surface area contributed by atoms with Gasteiger partial charge in [0.15, 0.2) is 5.60 Å². The van der Waals surface area contributed by atoms with Gasteiger partial charge in [0, 0.05) is 28.3 Å². The summed E-state index contributed by atoms with van der Waals surface area (Å²) in [5.41, 5.74) is 9.79. The average Bonchev–Trinajstić information content (AvgIpc) is 2.85. The number of nitrogens with two attached hydrogens (primary N) is 2. The molecule has 2 aromatic rings. The number of primary amides is 1. The minimum absolute atomic E-state index is 0. The lowest BCUT2D eigenvalue weighted by atomic mass is 9.87. The van der Waals surface area contributed by atoms with Gasteiger partial charge in [0.2, 0.25) is 5.91 Å². The number of anilines is 1. The molecule has 0 saturated carbocycles. The van der Waals surface area contributed by atoms with Gasteiger partial charge in [-0.05, 0) is 37.6 Å². The zero-order valence-corrected chi connectivity index (χ0v) is 17.2. The number of benzene rings is 2. The van der Waals surface area contributed by atoms with E-state index in [2.05, 4.69) is 0 Å². The highest BCUT2D eigenvalue weighted by Gasteiger charge is 2.53. The van der Waals surface area contributed by atoms with Crippen molar-refractivity contribution in [3.63, 3.8) is 0 Å². The van der Waals surface area contributed by atoms with E-state index in [0.717, 1.165) is 0 Å². The number of carbonyl (C=O) groups excluding carboxylic acids is 2. The summed E-state index contributed by atoms with van der Waals surface area (Å²) in [6, 6.07) is 9.36. The Morgan fingerprint density at radius 1 is 1.14 bits per heavy atom. The number of fused-ring (bicyclic) bond motifs is 1. The lowest BCUT2D eigenvalue weighted by molar-refractivity contribution is -0.132. The quantitative estimate of drug-likeness (QED) is 0.595. The first-order valence-electron chi connectivity index (χ1n) is 8.45. The van der Waals surface area contributed by atoms with E-state index < -0.39 is 17.4 Å². The van der Waals surface area contributed by atoms with Crippen molar-refractivity contribution in [3.8, 4) is 0 Å². The second-order valence-electron chi connectivity index (χ2n) is 6.36. The van der Waals surface area contributed by atoms with Crippen LogP contribution in [0.5, 0.6) is 0 Å². The van der Waals surface area contributed by atoms with Crippen molar-refractivity contribution < 1.29 is 14.7 Å². The minimum atomic E-state index is -2.05. The van der Waals surface area contributed by atoms with Crippen molar-refractivity contribution in [2.75, 3.05) is 18.0 Å². The zero-order valence-electron chi connectivity index (χ0n) is 14.8. The standard InChI is InChI=1S/C19H19Cl2N3O3.ClH/c20-13-6-2-1-5-12(13)19(27)16-14(21)9-11(17(23)25)10-15(16)24(18(19)26)8-4-3-7-22;/h1-2,5-6,9-10,27H,3-4,7-8,22H2,(H2,23,25);1H. The molecule has 0 aromatic heterocycles. The maximum atomic E-state index is 13.3. The third-order valence-electron chi connectivity index (χ3n) is 4.66. The second kappa shape index (κ2) is 8.68. The summed E-state index contributed by atoms with van der Waals surface area (Å²) >= 11 is 12.7. The highest BCUT2D eigenvalue weighted by atomic mass is 35.5. The van der Waals surface area contributed by atoms with Crippen LogP contribution in [0.2, 0.25) is 10.0 Å². The van der Waals surface area contributed by atoms with Gasteiger partial charge < -0.3 is 21.5 Å². The molecule has 1 aliphatic heterocycles. The van der Waals surface area contributed by atoms with E-state index in [4.69, 9.17) is 34.7 Å². The zero-order chi connectivity index (χ0) is 19.8. The van der Waals surface area contributed by atoms with Crippen molar-refractivity contribution in [2.45, 2.75) is 18.4 Å². The number of carbonyl (C=O) groups is 2. The van der Waals surface area contributed by atoms with Crippen LogP contribution in [0.3, 0.4) is 0 Å². The summed E-state index contributed by atoms with van der Waals surface area (Å²) in [4.78, 5) is 26.3. The number of halogens is 3. The molecule has 0 radical (unpaired) electrons. The molecule has 1 unspecified atom stereocenters. The Labute approximate surface area is 178 Å². The van der Waals surface area contributed by atoms with Gasteiger partial charge in [0.05, 0.1) is 10.7 Å². The normalized spacial score (nSPS) is 18.0. The first-order valence-corrected chi connectivity index (χ1v) is 9.21. The highest BCUT2D eigenvalue weighted by Crippen LogP contribution is 2.49. The number of amides is 2. The van der Waals surface area contributed by atoms with Gasteiger partial charge in [-0.3, -0.25) is 9.59 Å². The predicted molar refractivity (Wildman–Crippen MR) is 112 cm³/mol. The smallest absolute Gasteiger partial charge is 0.268 e. The number of hydrogen-bond donors (Lipinski definition) is 3. The van der Waals surface area contributed by atoms with Crippen LogP contribution in [0.25, 0.3) is 0 Å². The summed E-state index contributed by atoms with van der Waals surface area (Å²) < 4.78 is 0. The molecule has 1 heterocycles. The Morgan fingerprint density at radius 3 is 2.43 bits per heavy atom. The lowest BCUT2D eigenvalue weighted by Gasteiger charge is -2.25. The van der Waals surface area contributed by atoms with E-state index in [9.17, 15) is 14.7 Å². The molecular weight excluding hydrogens is 425 g/mol. The Bertz CT molecular complexity index is 923. The summed E-state index contributed by atoms with van der Waals surface area (Å²) in [6.07, 6.45) is 1.32. The predicted octanol–water partition coefficient (Wildman–Crippen LogP) is 2.84. The summed E-state index contributed by atoms with van der Waals surface area (Å²) in [6.45, 7) is 0.792. The molecule has 28 heavy (non-hydrogen) atoms. The maximum absolute atomic E-state index is 13.3. The van der Waals surface area contributed by atoms with Crippen molar-refractivity contribution in [3.05, 3.63) is 63.1 Å². The Balaban J connectivity index is 0.00000280. The molecule has 9 heteroatoms. The van der Waals surface area contributed by atoms with Crippen LogP contribution in [-0.4, -0.2) is 30.0 Å². The average molecular weight is 445 g/mol. The summed E-state index contributed by atoms with van der Waals surface area (Å²) in [5.74, 6) is -1.26. The van der Waals surface area contributed by atoms with E-state index in [-0.39, 0.29) is 39.1 Å². The number of aliphatic hydroxyl groups is 1. The maximum Gasteiger partial charge on any atom is 0.268 e. The van der Waals surface area contributed by atoms with Crippen LogP contribution in [0.15, 0.2) is 36.4 Å². The largest absolute Gasteiger partial charge is 0.372 e. The van der Waals surface area contributed by atoms with Crippen molar-refractivity contribution in [1.29, 1.82) is 0 Å². The molecule has 0 fully saturated rings. The summed E-state index contributed by atoms with van der Waals surface area (Å²) in [5, 5.41) is 11.8. The minimum Gasteiger partial charge on any atom is -0.372 e. The van der Waals surface area contributed by atoms with Crippen molar-refractivity contribution in [2.24, 2.45) is 11.5 Å². The van der Waals surface area contributed by atoms with Gasteiger partial charge in [0.1, 0.15) is 0 Å². The Kier molecular flexibility index (Phi) is 6.96. The fraction of sp³-hybridized carbons (Fsp3) is 0.263. The fourth-order valence-electron chi connectivity index (χ4n) is 3.36. The molecule has 1 atom stereocenters. The third-order valence-corrected chi connectivity index (χ3v) is 5.29. The van der Waals surface area contributed by atoms with Gasteiger partial charge >= 0.3 is 0 Å². The van der Waals surface area contributed by atoms with E-state index in [0.29, 0.717) is 31.6 Å². The Hall–Kier alpha value is -1.83. The van der Waals surface area contributed by atoms with Crippen molar-refractivity contribution in [1.82, 2.24) is 0 Å². The van der Waals surface area contributed by atoms with Crippen LogP contribution >= 0.6 is 35.6 Å². The molecule has 2 amide bonds. The van der Waals surface area contributed by atoms with E-state index >= 15 is 0 Å². The fourth-order valence-corrected chi connectivity index (χ4v) is 3.98. The van der Waals surface area contributed by atoms with Gasteiger partial charge in [0.25, 0.3) is 5.91 Å². The van der Waals surface area contributed by atoms with Gasteiger partial charge in [-0.2, -0.15) is 0 Å². The van der Waals surface area contributed by atoms with Gasteiger partial charge in [-0.25, -0.2) is 0 Å². The van der Waals surface area contributed by atoms with E-state index in [1.54, 1.807) is 24.3 Å². The first-order chi connectivity index (χ1) is 12.8. The van der Waals surface area contributed by atoms with Crippen LogP contribution in [-0.2, 0) is 10.4 Å². The monoisotopic (exact) mass is 443 g/mol. The molecule has 0 spiro atoms. The van der Waals surface area contributed by atoms with Gasteiger partial charge in [-0.15, -0.1) is 12.4 Å². The molecular formula is C19H20Cl3N3O3. The second-order valence-corrected chi connectivity index (χ2v) is 7.17. The van der Waals surface area contributed by atoms with Crippen molar-refractivity contribution >= 4 is 53.1 Å². The first kappa shape index (κ1) is 22.5. The summed E-state index contributed by atoms with van der Waals surface area (Å²) in [7, 11) is 0. The topological polar surface area (TPSA) is 110 Å². The molecule has 0 saturated heterocycles. The molecule has 5 N–H and O–H groups in total. The van der Waals surface area contributed by atoms with E-state index in [1.807, 2.05) is 0 Å². The van der Waals surface area contributed by atoms with Crippen LogP contribution in [0, 0.1) is 0 Å². The van der Waals surface area contributed by atoms with Gasteiger partial charge in [-0.1, -0.05) is 41.4 Å².